The molecule has 0 saturated heterocycles. The highest BCUT2D eigenvalue weighted by Gasteiger charge is 2.09. The minimum atomic E-state index is -0.186. The molecular weight excluding hydrogens is 267 g/mol. The van der Waals surface area contributed by atoms with Gasteiger partial charge in [-0.15, -0.1) is 0 Å². The molecule has 1 rings (SSSR count). The maximum atomic E-state index is 11.5. The molecule has 1 atom stereocenters. The van der Waals surface area contributed by atoms with Crippen LogP contribution >= 0.6 is 27.5 Å². The fourth-order valence-electron chi connectivity index (χ4n) is 0.846. The van der Waals surface area contributed by atoms with E-state index in [1.54, 1.807) is 12.1 Å². The number of alkyl halides is 1. The second-order valence-corrected chi connectivity index (χ2v) is 3.97. The van der Waals surface area contributed by atoms with E-state index in [1.807, 2.05) is 6.92 Å². The van der Waals surface area contributed by atoms with Gasteiger partial charge in [0.15, 0.2) is 0 Å². The largest absolute Gasteiger partial charge is 0.347 e. The third-order valence-electron chi connectivity index (χ3n) is 1.57. The fourth-order valence-corrected chi connectivity index (χ4v) is 1.12. The third kappa shape index (κ3) is 3.27. The normalized spacial score (nSPS) is 12.2. The van der Waals surface area contributed by atoms with Crippen molar-refractivity contribution in [1.82, 2.24) is 10.3 Å². The van der Waals surface area contributed by atoms with Crippen molar-refractivity contribution in [2.45, 2.75) is 13.0 Å². The second kappa shape index (κ2) is 5.32. The molecule has 5 heteroatoms. The lowest BCUT2D eigenvalue weighted by Crippen LogP contribution is -2.34. The Morgan fingerprint density at radius 3 is 2.93 bits per heavy atom. The second-order valence-electron chi connectivity index (χ2n) is 2.89. The monoisotopic (exact) mass is 276 g/mol. The Morgan fingerprint density at radius 1 is 1.71 bits per heavy atom. The molecule has 76 valence electrons. The summed E-state index contributed by atoms with van der Waals surface area (Å²) in [5.41, 5.74) is 0.377. The smallest absolute Gasteiger partial charge is 0.270 e. The van der Waals surface area contributed by atoms with Crippen LogP contribution in [0, 0.1) is 0 Å². The molecule has 0 aromatic carbocycles. The summed E-state index contributed by atoms with van der Waals surface area (Å²) in [6, 6.07) is 3.32. The summed E-state index contributed by atoms with van der Waals surface area (Å²) < 4.78 is 0. The van der Waals surface area contributed by atoms with Crippen LogP contribution in [0.4, 0.5) is 0 Å². The van der Waals surface area contributed by atoms with Gasteiger partial charge in [0.2, 0.25) is 0 Å². The molecule has 1 amide bonds. The van der Waals surface area contributed by atoms with Crippen LogP contribution in [0.25, 0.3) is 0 Å². The average molecular weight is 278 g/mol. The van der Waals surface area contributed by atoms with Crippen LogP contribution in [0.3, 0.4) is 0 Å². The van der Waals surface area contributed by atoms with E-state index in [-0.39, 0.29) is 11.9 Å². The zero-order valence-electron chi connectivity index (χ0n) is 7.63. The zero-order chi connectivity index (χ0) is 10.6. The molecule has 1 aromatic heterocycles. The molecule has 0 saturated carbocycles. The number of nitrogens with zero attached hydrogens (tertiary/aromatic N) is 1. The number of hydrogen-bond donors (Lipinski definition) is 1. The van der Waals surface area contributed by atoms with Crippen LogP contribution in [-0.4, -0.2) is 22.3 Å². The summed E-state index contributed by atoms with van der Waals surface area (Å²) in [7, 11) is 0. The highest BCUT2D eigenvalue weighted by Crippen LogP contribution is 2.06. The van der Waals surface area contributed by atoms with Gasteiger partial charge in [0.1, 0.15) is 5.69 Å². The van der Waals surface area contributed by atoms with Crippen molar-refractivity contribution in [3.63, 3.8) is 0 Å². The Labute approximate surface area is 96.0 Å². The van der Waals surface area contributed by atoms with Crippen LogP contribution in [0.5, 0.6) is 0 Å². The van der Waals surface area contributed by atoms with Crippen molar-refractivity contribution in [2.75, 3.05) is 5.33 Å². The number of hydrogen-bond acceptors (Lipinski definition) is 2. The minimum Gasteiger partial charge on any atom is -0.347 e. The van der Waals surface area contributed by atoms with E-state index < -0.39 is 0 Å². The first-order valence-electron chi connectivity index (χ1n) is 4.12. The molecule has 0 bridgehead atoms. The Morgan fingerprint density at radius 2 is 2.43 bits per heavy atom. The van der Waals surface area contributed by atoms with Crippen LogP contribution in [0.2, 0.25) is 5.02 Å². The SMILES string of the molecule is CC(CBr)NC(=O)c1ccc(Cl)cn1. The highest BCUT2D eigenvalue weighted by molar-refractivity contribution is 9.09. The van der Waals surface area contributed by atoms with Crippen molar-refractivity contribution < 1.29 is 4.79 Å². The lowest BCUT2D eigenvalue weighted by atomic mass is 10.3. The van der Waals surface area contributed by atoms with Crippen LogP contribution in [0.15, 0.2) is 18.3 Å². The number of carbonyl (C=O) groups excluding carboxylic acids is 1. The van der Waals surface area contributed by atoms with Gasteiger partial charge in [-0.05, 0) is 19.1 Å². The van der Waals surface area contributed by atoms with Crippen molar-refractivity contribution in [3.05, 3.63) is 29.0 Å². The number of rotatable bonds is 3. The number of nitrogens with one attached hydrogen (secondary N) is 1. The predicted octanol–water partition coefficient (Wildman–Crippen LogP) is 2.25. The molecule has 1 aromatic rings. The fraction of sp³-hybridized carbons (Fsp3) is 0.333. The van der Waals surface area contributed by atoms with Gasteiger partial charge in [0.25, 0.3) is 5.91 Å². The maximum Gasteiger partial charge on any atom is 0.270 e. The van der Waals surface area contributed by atoms with Gasteiger partial charge in [0.05, 0.1) is 5.02 Å². The summed E-state index contributed by atoms with van der Waals surface area (Å²) in [6.07, 6.45) is 1.45. The van der Waals surface area contributed by atoms with E-state index in [0.29, 0.717) is 16.0 Å². The number of pyridine rings is 1. The molecule has 14 heavy (non-hydrogen) atoms. The zero-order valence-corrected chi connectivity index (χ0v) is 9.97. The lowest BCUT2D eigenvalue weighted by Gasteiger charge is -2.09. The maximum absolute atomic E-state index is 11.5. The topological polar surface area (TPSA) is 42.0 Å². The number of carbonyl (C=O) groups is 1. The van der Waals surface area contributed by atoms with Gasteiger partial charge >= 0.3 is 0 Å². The van der Waals surface area contributed by atoms with Gasteiger partial charge in [-0.1, -0.05) is 27.5 Å². The molecule has 0 aliphatic heterocycles. The molecular formula is C9H10BrClN2O. The summed E-state index contributed by atoms with van der Waals surface area (Å²) in [5.74, 6) is -0.186. The van der Waals surface area contributed by atoms with Gasteiger partial charge in [-0.3, -0.25) is 4.79 Å². The summed E-state index contributed by atoms with van der Waals surface area (Å²) in [5, 5.41) is 4.01. The van der Waals surface area contributed by atoms with Crippen molar-refractivity contribution in [1.29, 1.82) is 0 Å². The van der Waals surface area contributed by atoms with Crippen LogP contribution < -0.4 is 5.32 Å². The Bertz CT molecular complexity index is 315. The Hall–Kier alpha value is -0.610. The number of aromatic nitrogens is 1. The standard InChI is InChI=1S/C9H10BrClN2O/c1-6(4-10)13-9(14)8-3-2-7(11)5-12-8/h2-3,5-6H,4H2,1H3,(H,13,14). The number of amides is 1. The predicted molar refractivity (Wildman–Crippen MR) is 60.0 cm³/mol. The summed E-state index contributed by atoms with van der Waals surface area (Å²) >= 11 is 8.92. The molecule has 1 heterocycles. The van der Waals surface area contributed by atoms with Gasteiger partial charge in [-0.2, -0.15) is 0 Å². The van der Waals surface area contributed by atoms with E-state index in [0.717, 1.165) is 0 Å². The van der Waals surface area contributed by atoms with E-state index in [2.05, 4.69) is 26.2 Å². The first-order valence-corrected chi connectivity index (χ1v) is 5.62. The van der Waals surface area contributed by atoms with Crippen LogP contribution in [-0.2, 0) is 0 Å². The molecule has 0 spiro atoms. The van der Waals surface area contributed by atoms with Crippen molar-refractivity contribution >= 4 is 33.4 Å². The summed E-state index contributed by atoms with van der Waals surface area (Å²) in [4.78, 5) is 15.4. The Balaban J connectivity index is 2.65. The van der Waals surface area contributed by atoms with Crippen molar-refractivity contribution in [2.24, 2.45) is 0 Å². The molecule has 0 aliphatic carbocycles. The van der Waals surface area contributed by atoms with Crippen molar-refractivity contribution in [3.8, 4) is 0 Å². The lowest BCUT2D eigenvalue weighted by molar-refractivity contribution is 0.0939. The van der Waals surface area contributed by atoms with Gasteiger partial charge in [0, 0.05) is 17.6 Å². The minimum absolute atomic E-state index is 0.0833. The first kappa shape index (κ1) is 11.5. The first-order chi connectivity index (χ1) is 6.63. The van der Waals surface area contributed by atoms with E-state index in [1.165, 1.54) is 6.20 Å². The quantitative estimate of drug-likeness (QED) is 0.861. The molecule has 0 radical (unpaired) electrons. The molecule has 0 fully saturated rings. The van der Waals surface area contributed by atoms with E-state index in [9.17, 15) is 4.79 Å². The highest BCUT2D eigenvalue weighted by atomic mass is 79.9. The van der Waals surface area contributed by atoms with E-state index in [4.69, 9.17) is 11.6 Å². The molecule has 0 aliphatic rings. The Kier molecular flexibility index (Phi) is 4.35. The van der Waals surface area contributed by atoms with Gasteiger partial charge in [-0.25, -0.2) is 4.98 Å². The van der Waals surface area contributed by atoms with Crippen LogP contribution in [0.1, 0.15) is 17.4 Å². The van der Waals surface area contributed by atoms with Gasteiger partial charge < -0.3 is 5.32 Å². The molecule has 1 unspecified atom stereocenters. The molecule has 1 N–H and O–H groups in total. The van der Waals surface area contributed by atoms with E-state index >= 15 is 0 Å². The molecule has 3 nitrogen and oxygen atoms in total. The average Bonchev–Trinajstić information content (AvgIpc) is 2.18. The summed E-state index contributed by atoms with van der Waals surface area (Å²) in [6.45, 7) is 1.91. The number of halogens is 2. The third-order valence-corrected chi connectivity index (χ3v) is 2.76.